The van der Waals surface area contributed by atoms with Gasteiger partial charge in [0, 0.05) is 18.6 Å². The minimum atomic E-state index is 0.542. The van der Waals surface area contributed by atoms with Gasteiger partial charge in [0.2, 0.25) is 0 Å². The van der Waals surface area contributed by atoms with Crippen LogP contribution in [-0.4, -0.2) is 30.6 Å². The molecule has 1 N–H and O–H groups in total. The highest BCUT2D eigenvalue weighted by Crippen LogP contribution is 2.30. The molecule has 0 spiro atoms. The minimum absolute atomic E-state index is 0.542. The van der Waals surface area contributed by atoms with Crippen molar-refractivity contribution in [2.24, 2.45) is 0 Å². The summed E-state index contributed by atoms with van der Waals surface area (Å²) in [7, 11) is 0. The zero-order valence-electron chi connectivity index (χ0n) is 12.4. The molecule has 2 rings (SSSR count). The first-order valence-electron chi connectivity index (χ1n) is 7.88. The van der Waals surface area contributed by atoms with E-state index in [1.807, 2.05) is 0 Å². The molecule has 1 aliphatic heterocycles. The summed E-state index contributed by atoms with van der Waals surface area (Å²) in [5, 5.41) is 3.61. The molecule has 1 aromatic rings. The van der Waals surface area contributed by atoms with Gasteiger partial charge < -0.3 is 5.32 Å². The van der Waals surface area contributed by atoms with Gasteiger partial charge >= 0.3 is 0 Å². The van der Waals surface area contributed by atoms with E-state index in [1.165, 1.54) is 37.8 Å². The molecule has 2 unspecified atom stereocenters. The largest absolute Gasteiger partial charge is 0.315 e. The number of hydrogen-bond acceptors (Lipinski definition) is 2. The van der Waals surface area contributed by atoms with Crippen molar-refractivity contribution in [2.75, 3.05) is 19.6 Å². The number of nitrogens with zero attached hydrogens (tertiary/aromatic N) is 1. The predicted molar refractivity (Wildman–Crippen MR) is 82.4 cm³/mol. The van der Waals surface area contributed by atoms with E-state index in [1.54, 1.807) is 0 Å². The van der Waals surface area contributed by atoms with Gasteiger partial charge in [0.25, 0.3) is 0 Å². The molecule has 106 valence electrons. The molecule has 2 atom stereocenters. The van der Waals surface area contributed by atoms with Crippen LogP contribution in [0.3, 0.4) is 0 Å². The zero-order valence-corrected chi connectivity index (χ0v) is 12.4. The highest BCUT2D eigenvalue weighted by molar-refractivity contribution is 5.20. The van der Waals surface area contributed by atoms with Crippen molar-refractivity contribution >= 4 is 0 Å². The van der Waals surface area contributed by atoms with Crippen molar-refractivity contribution in [1.82, 2.24) is 10.2 Å². The summed E-state index contributed by atoms with van der Waals surface area (Å²) in [4.78, 5) is 2.72. The standard InChI is InChI=1S/C17H28N2/c1-3-12-18-14-17(15-9-6-5-7-10-15)19-13-8-11-16(19)4-2/h5-7,9-10,16-18H,3-4,8,11-14H2,1-2H3. The maximum Gasteiger partial charge on any atom is 0.0475 e. The molecule has 0 radical (unpaired) electrons. The second-order valence-electron chi connectivity index (χ2n) is 5.57. The SMILES string of the molecule is CCCNCC(c1ccccc1)N1CCCC1CC. The van der Waals surface area contributed by atoms with Crippen LogP contribution in [0.4, 0.5) is 0 Å². The monoisotopic (exact) mass is 260 g/mol. The Morgan fingerprint density at radius 2 is 2.05 bits per heavy atom. The Morgan fingerprint density at radius 3 is 2.74 bits per heavy atom. The van der Waals surface area contributed by atoms with Crippen LogP contribution < -0.4 is 5.32 Å². The third kappa shape index (κ3) is 3.80. The molecule has 0 amide bonds. The summed E-state index contributed by atoms with van der Waals surface area (Å²) < 4.78 is 0. The van der Waals surface area contributed by atoms with E-state index in [0.29, 0.717) is 6.04 Å². The van der Waals surface area contributed by atoms with Crippen LogP contribution >= 0.6 is 0 Å². The van der Waals surface area contributed by atoms with Gasteiger partial charge in [-0.1, -0.05) is 44.2 Å². The fraction of sp³-hybridized carbons (Fsp3) is 0.647. The molecule has 1 fully saturated rings. The molecule has 2 heteroatoms. The second-order valence-corrected chi connectivity index (χ2v) is 5.57. The van der Waals surface area contributed by atoms with Gasteiger partial charge in [-0.2, -0.15) is 0 Å². The topological polar surface area (TPSA) is 15.3 Å². The molecule has 0 aliphatic carbocycles. The van der Waals surface area contributed by atoms with E-state index in [0.717, 1.165) is 19.1 Å². The number of hydrogen-bond donors (Lipinski definition) is 1. The molecule has 1 saturated heterocycles. The van der Waals surface area contributed by atoms with Crippen molar-refractivity contribution < 1.29 is 0 Å². The Bertz CT molecular complexity index is 350. The normalized spacial score (nSPS) is 21.7. The van der Waals surface area contributed by atoms with E-state index in [9.17, 15) is 0 Å². The first-order chi connectivity index (χ1) is 9.36. The minimum Gasteiger partial charge on any atom is -0.315 e. The van der Waals surface area contributed by atoms with Crippen LogP contribution in [0.2, 0.25) is 0 Å². The lowest BCUT2D eigenvalue weighted by molar-refractivity contribution is 0.172. The highest BCUT2D eigenvalue weighted by Gasteiger charge is 2.29. The second kappa shape index (κ2) is 7.66. The lowest BCUT2D eigenvalue weighted by Gasteiger charge is -2.33. The van der Waals surface area contributed by atoms with Crippen LogP contribution in [0.15, 0.2) is 30.3 Å². The van der Waals surface area contributed by atoms with E-state index < -0.39 is 0 Å². The van der Waals surface area contributed by atoms with Crippen LogP contribution in [0.5, 0.6) is 0 Å². The smallest absolute Gasteiger partial charge is 0.0475 e. The summed E-state index contributed by atoms with van der Waals surface area (Å²) >= 11 is 0. The molecule has 0 aromatic heterocycles. The van der Waals surface area contributed by atoms with E-state index in [-0.39, 0.29) is 0 Å². The van der Waals surface area contributed by atoms with Gasteiger partial charge in [0.15, 0.2) is 0 Å². The van der Waals surface area contributed by atoms with Crippen LogP contribution in [0.1, 0.15) is 51.1 Å². The molecule has 19 heavy (non-hydrogen) atoms. The first-order valence-corrected chi connectivity index (χ1v) is 7.88. The van der Waals surface area contributed by atoms with Crippen molar-refractivity contribution in [1.29, 1.82) is 0 Å². The molecule has 1 heterocycles. The van der Waals surface area contributed by atoms with Crippen molar-refractivity contribution in [3.05, 3.63) is 35.9 Å². The first kappa shape index (κ1) is 14.5. The molecule has 0 bridgehead atoms. The van der Waals surface area contributed by atoms with Gasteiger partial charge in [0.1, 0.15) is 0 Å². The number of likely N-dealkylation sites (tertiary alicyclic amines) is 1. The summed E-state index contributed by atoms with van der Waals surface area (Å²) in [6.45, 7) is 8.01. The van der Waals surface area contributed by atoms with Crippen molar-refractivity contribution in [2.45, 2.75) is 51.6 Å². The molecule has 0 saturated carbocycles. The number of benzene rings is 1. The third-order valence-electron chi connectivity index (χ3n) is 4.24. The Kier molecular flexibility index (Phi) is 5.87. The van der Waals surface area contributed by atoms with Crippen molar-refractivity contribution in [3.8, 4) is 0 Å². The van der Waals surface area contributed by atoms with E-state index >= 15 is 0 Å². The highest BCUT2D eigenvalue weighted by atomic mass is 15.2. The Morgan fingerprint density at radius 1 is 1.26 bits per heavy atom. The zero-order chi connectivity index (χ0) is 13.5. The summed E-state index contributed by atoms with van der Waals surface area (Å²) in [5.41, 5.74) is 1.46. The fourth-order valence-corrected chi connectivity index (χ4v) is 3.22. The van der Waals surface area contributed by atoms with Crippen molar-refractivity contribution in [3.63, 3.8) is 0 Å². The van der Waals surface area contributed by atoms with Crippen LogP contribution in [0, 0.1) is 0 Å². The third-order valence-corrected chi connectivity index (χ3v) is 4.24. The van der Waals surface area contributed by atoms with Gasteiger partial charge in [-0.25, -0.2) is 0 Å². The molecular weight excluding hydrogens is 232 g/mol. The summed E-state index contributed by atoms with van der Waals surface area (Å²) in [6, 6.07) is 12.3. The number of nitrogens with one attached hydrogen (secondary N) is 1. The van der Waals surface area contributed by atoms with Crippen LogP contribution in [-0.2, 0) is 0 Å². The molecular formula is C17H28N2. The average molecular weight is 260 g/mol. The Hall–Kier alpha value is -0.860. The molecule has 2 nitrogen and oxygen atoms in total. The molecule has 1 aliphatic rings. The maximum absolute atomic E-state index is 3.61. The maximum atomic E-state index is 3.61. The van der Waals surface area contributed by atoms with Gasteiger partial charge in [0.05, 0.1) is 0 Å². The van der Waals surface area contributed by atoms with E-state index in [4.69, 9.17) is 0 Å². The average Bonchev–Trinajstić information content (AvgIpc) is 2.93. The van der Waals surface area contributed by atoms with Gasteiger partial charge in [-0.3, -0.25) is 4.90 Å². The molecule has 1 aromatic carbocycles. The lowest BCUT2D eigenvalue weighted by atomic mass is 10.0. The predicted octanol–water partition coefficient (Wildman–Crippen LogP) is 3.60. The Balaban J connectivity index is 2.09. The van der Waals surface area contributed by atoms with Gasteiger partial charge in [-0.05, 0) is 44.3 Å². The lowest BCUT2D eigenvalue weighted by Crippen LogP contribution is -2.39. The van der Waals surface area contributed by atoms with E-state index in [2.05, 4.69) is 54.4 Å². The Labute approximate surface area is 118 Å². The fourth-order valence-electron chi connectivity index (χ4n) is 3.22. The summed E-state index contributed by atoms with van der Waals surface area (Å²) in [6.07, 6.45) is 5.21. The van der Waals surface area contributed by atoms with Gasteiger partial charge in [-0.15, -0.1) is 0 Å². The summed E-state index contributed by atoms with van der Waals surface area (Å²) in [5.74, 6) is 0. The quantitative estimate of drug-likeness (QED) is 0.754. The number of rotatable bonds is 7. The van der Waals surface area contributed by atoms with Crippen LogP contribution in [0.25, 0.3) is 0 Å².